The first-order valence-corrected chi connectivity index (χ1v) is 7.75. The number of thioether (sulfide) groups is 1. The van der Waals surface area contributed by atoms with E-state index in [-0.39, 0.29) is 5.91 Å². The number of hydrogen-bond acceptors (Lipinski definition) is 2. The Morgan fingerprint density at radius 3 is 2.36 bits per heavy atom. The number of carbonyl (C=O) groups is 1. The second-order valence-corrected chi connectivity index (χ2v) is 6.27. The molecule has 6 heteroatoms. The van der Waals surface area contributed by atoms with Crippen molar-refractivity contribution in [2.45, 2.75) is 24.5 Å². The molecule has 0 atom stereocenters. The summed E-state index contributed by atoms with van der Waals surface area (Å²) in [5.41, 5.74) is 2.81. The molecule has 0 radical (unpaired) electrons. The smallest absolute Gasteiger partial charge is 0.288 e. The first-order valence-electron chi connectivity index (χ1n) is 6.50. The Labute approximate surface area is 136 Å². The molecule has 0 aliphatic carbocycles. The highest BCUT2D eigenvalue weighted by Gasteiger charge is 2.12. The molecule has 2 rings (SSSR count). The maximum Gasteiger partial charge on any atom is 0.288 e. The van der Waals surface area contributed by atoms with E-state index in [1.165, 1.54) is 24.3 Å². The average Bonchev–Trinajstić information content (AvgIpc) is 2.42. The van der Waals surface area contributed by atoms with Crippen molar-refractivity contribution in [3.05, 3.63) is 58.1 Å². The lowest BCUT2D eigenvalue weighted by Crippen LogP contribution is -2.13. The zero-order valence-electron chi connectivity index (χ0n) is 12.0. The summed E-state index contributed by atoms with van der Waals surface area (Å²) >= 11 is 6.59. The SMILES string of the molecule is Cc1cc(C)c(NC(=O)c2ccc(SC(F)F)cc2)c(Cl)c1. The quantitative estimate of drug-likeness (QED) is 0.741. The lowest BCUT2D eigenvalue weighted by Gasteiger charge is -2.12. The minimum Gasteiger partial charge on any atom is -0.320 e. The molecule has 0 heterocycles. The summed E-state index contributed by atoms with van der Waals surface area (Å²) in [7, 11) is 0. The fourth-order valence-corrected chi connectivity index (χ4v) is 2.91. The highest BCUT2D eigenvalue weighted by atomic mass is 35.5. The van der Waals surface area contributed by atoms with Crippen LogP contribution in [0, 0.1) is 13.8 Å². The van der Waals surface area contributed by atoms with Gasteiger partial charge in [0.05, 0.1) is 10.7 Å². The van der Waals surface area contributed by atoms with Crippen molar-refractivity contribution in [1.82, 2.24) is 0 Å². The van der Waals surface area contributed by atoms with Crippen LogP contribution < -0.4 is 5.32 Å². The molecular formula is C16H14ClF2NOS. The van der Waals surface area contributed by atoms with Crippen LogP contribution in [0.1, 0.15) is 21.5 Å². The number of carbonyl (C=O) groups excluding carboxylic acids is 1. The predicted octanol–water partition coefficient (Wildman–Crippen LogP) is 5.52. The van der Waals surface area contributed by atoms with Gasteiger partial charge in [-0.3, -0.25) is 4.79 Å². The third-order valence-electron chi connectivity index (χ3n) is 3.01. The molecule has 0 aliphatic heterocycles. The second-order valence-electron chi connectivity index (χ2n) is 4.80. The Morgan fingerprint density at radius 2 is 1.82 bits per heavy atom. The third kappa shape index (κ3) is 4.21. The Hall–Kier alpha value is -1.59. The Morgan fingerprint density at radius 1 is 1.18 bits per heavy atom. The van der Waals surface area contributed by atoms with E-state index in [4.69, 9.17) is 11.6 Å². The van der Waals surface area contributed by atoms with Gasteiger partial charge in [-0.15, -0.1) is 0 Å². The molecular weight excluding hydrogens is 328 g/mol. The second kappa shape index (κ2) is 7.11. The zero-order valence-corrected chi connectivity index (χ0v) is 13.6. The number of rotatable bonds is 4. The summed E-state index contributed by atoms with van der Waals surface area (Å²) in [5.74, 6) is -2.81. The van der Waals surface area contributed by atoms with Gasteiger partial charge in [0.2, 0.25) is 0 Å². The highest BCUT2D eigenvalue weighted by Crippen LogP contribution is 2.28. The molecule has 0 saturated carbocycles. The molecule has 1 amide bonds. The summed E-state index contributed by atoms with van der Waals surface area (Å²) < 4.78 is 24.5. The summed E-state index contributed by atoms with van der Waals surface area (Å²) in [6, 6.07) is 9.70. The number of hydrogen-bond donors (Lipinski definition) is 1. The Bertz CT molecular complexity index is 666. The monoisotopic (exact) mass is 341 g/mol. The van der Waals surface area contributed by atoms with Crippen molar-refractivity contribution in [3.63, 3.8) is 0 Å². The van der Waals surface area contributed by atoms with Gasteiger partial charge in [0.25, 0.3) is 11.7 Å². The van der Waals surface area contributed by atoms with Crippen LogP contribution in [0.15, 0.2) is 41.3 Å². The number of halogens is 3. The van der Waals surface area contributed by atoms with Gasteiger partial charge < -0.3 is 5.32 Å². The van der Waals surface area contributed by atoms with Gasteiger partial charge in [-0.05, 0) is 55.3 Å². The third-order valence-corrected chi connectivity index (χ3v) is 4.03. The fraction of sp³-hybridized carbons (Fsp3) is 0.188. The number of anilines is 1. The number of alkyl halides is 2. The van der Waals surface area contributed by atoms with Gasteiger partial charge in [-0.1, -0.05) is 29.4 Å². The van der Waals surface area contributed by atoms with Crippen LogP contribution in [0.5, 0.6) is 0 Å². The van der Waals surface area contributed by atoms with Crippen LogP contribution in [0.25, 0.3) is 0 Å². The van der Waals surface area contributed by atoms with E-state index < -0.39 is 5.76 Å². The molecule has 0 unspecified atom stereocenters. The highest BCUT2D eigenvalue weighted by molar-refractivity contribution is 7.99. The summed E-state index contributed by atoms with van der Waals surface area (Å²) in [4.78, 5) is 12.6. The van der Waals surface area contributed by atoms with Crippen molar-refractivity contribution in [3.8, 4) is 0 Å². The van der Waals surface area contributed by atoms with E-state index in [0.29, 0.717) is 32.9 Å². The van der Waals surface area contributed by atoms with Gasteiger partial charge in [-0.2, -0.15) is 8.78 Å². The van der Waals surface area contributed by atoms with Crippen LogP contribution in [0.3, 0.4) is 0 Å². The van der Waals surface area contributed by atoms with E-state index in [0.717, 1.165) is 11.1 Å². The molecule has 0 aromatic heterocycles. The maximum atomic E-state index is 12.3. The topological polar surface area (TPSA) is 29.1 Å². The van der Waals surface area contributed by atoms with E-state index in [1.807, 2.05) is 19.9 Å². The van der Waals surface area contributed by atoms with Gasteiger partial charge in [-0.25, -0.2) is 0 Å². The fourth-order valence-electron chi connectivity index (χ4n) is 2.05. The van der Waals surface area contributed by atoms with E-state index in [9.17, 15) is 13.6 Å². The molecule has 2 aromatic rings. The number of amides is 1. The van der Waals surface area contributed by atoms with Crippen molar-refractivity contribution < 1.29 is 13.6 Å². The van der Waals surface area contributed by atoms with Gasteiger partial charge in [0.1, 0.15) is 0 Å². The van der Waals surface area contributed by atoms with Crippen LogP contribution in [-0.4, -0.2) is 11.7 Å². The maximum absolute atomic E-state index is 12.3. The number of nitrogens with one attached hydrogen (secondary N) is 1. The standard InChI is InChI=1S/C16H14ClF2NOS/c1-9-7-10(2)14(13(17)8-9)20-15(21)11-3-5-12(6-4-11)22-16(18)19/h3-8,16H,1-2H3,(H,20,21). The molecule has 1 N–H and O–H groups in total. The summed E-state index contributed by atoms with van der Waals surface area (Å²) in [6.07, 6.45) is 0. The Kier molecular flexibility index (Phi) is 5.42. The first-order chi connectivity index (χ1) is 10.4. The van der Waals surface area contributed by atoms with E-state index >= 15 is 0 Å². The van der Waals surface area contributed by atoms with E-state index in [1.54, 1.807) is 6.07 Å². The Balaban J connectivity index is 2.16. The van der Waals surface area contributed by atoms with Crippen LogP contribution in [0.2, 0.25) is 5.02 Å². The minimum absolute atomic E-state index is 0.331. The molecule has 2 nitrogen and oxygen atoms in total. The van der Waals surface area contributed by atoms with Crippen molar-refractivity contribution in [2.75, 3.05) is 5.32 Å². The number of benzene rings is 2. The molecule has 2 aromatic carbocycles. The molecule has 0 spiro atoms. The van der Waals surface area contributed by atoms with Crippen molar-refractivity contribution >= 4 is 35.0 Å². The minimum atomic E-state index is -2.48. The van der Waals surface area contributed by atoms with Crippen LogP contribution in [-0.2, 0) is 0 Å². The van der Waals surface area contributed by atoms with E-state index in [2.05, 4.69) is 5.32 Å². The average molecular weight is 342 g/mol. The first kappa shape index (κ1) is 16.8. The molecule has 0 bridgehead atoms. The molecule has 116 valence electrons. The number of aryl methyl sites for hydroxylation is 2. The van der Waals surface area contributed by atoms with Gasteiger partial charge >= 0.3 is 0 Å². The normalized spacial score (nSPS) is 10.8. The van der Waals surface area contributed by atoms with Gasteiger partial charge in [0, 0.05) is 10.5 Å². The summed E-state index contributed by atoms with van der Waals surface area (Å²) in [5, 5.41) is 3.22. The predicted molar refractivity (Wildman–Crippen MR) is 87.2 cm³/mol. The summed E-state index contributed by atoms with van der Waals surface area (Å²) in [6.45, 7) is 3.78. The van der Waals surface area contributed by atoms with Crippen LogP contribution >= 0.6 is 23.4 Å². The van der Waals surface area contributed by atoms with Crippen molar-refractivity contribution in [2.24, 2.45) is 0 Å². The molecule has 0 aliphatic rings. The zero-order chi connectivity index (χ0) is 16.3. The van der Waals surface area contributed by atoms with Gasteiger partial charge in [0.15, 0.2) is 0 Å². The van der Waals surface area contributed by atoms with Crippen LogP contribution in [0.4, 0.5) is 14.5 Å². The molecule has 0 saturated heterocycles. The largest absolute Gasteiger partial charge is 0.320 e. The molecule has 22 heavy (non-hydrogen) atoms. The lowest BCUT2D eigenvalue weighted by molar-refractivity contribution is 0.102. The van der Waals surface area contributed by atoms with Crippen molar-refractivity contribution in [1.29, 1.82) is 0 Å². The lowest BCUT2D eigenvalue weighted by atomic mass is 10.1. The molecule has 0 fully saturated rings.